The second-order valence-corrected chi connectivity index (χ2v) is 7.56. The summed E-state index contributed by atoms with van der Waals surface area (Å²) >= 11 is 0. The molecule has 4 N–H and O–H groups in total. The van der Waals surface area contributed by atoms with Gasteiger partial charge in [-0.15, -0.1) is 0 Å². The van der Waals surface area contributed by atoms with Gasteiger partial charge in [0.1, 0.15) is 17.7 Å². The van der Waals surface area contributed by atoms with E-state index in [4.69, 9.17) is 5.73 Å². The molecule has 0 unspecified atom stereocenters. The number of amides is 2. The van der Waals surface area contributed by atoms with Crippen molar-refractivity contribution in [2.75, 3.05) is 16.4 Å². The zero-order valence-electron chi connectivity index (χ0n) is 18.0. The number of aryl methyl sites for hydroxylation is 1. The Hall–Kier alpha value is -4.21. The van der Waals surface area contributed by atoms with Crippen LogP contribution in [0, 0.1) is 0 Å². The van der Waals surface area contributed by atoms with Crippen molar-refractivity contribution in [2.45, 2.75) is 33.2 Å². The summed E-state index contributed by atoms with van der Waals surface area (Å²) in [6, 6.07) is 9.81. The van der Waals surface area contributed by atoms with Gasteiger partial charge < -0.3 is 11.1 Å². The van der Waals surface area contributed by atoms with Crippen LogP contribution in [0.3, 0.4) is 0 Å². The Labute approximate surface area is 184 Å². The van der Waals surface area contributed by atoms with Crippen LogP contribution < -0.4 is 16.4 Å². The molecule has 0 saturated carbocycles. The molecule has 0 atom stereocenters. The molecule has 10 nitrogen and oxygen atoms in total. The molecule has 0 bridgehead atoms. The fraction of sp³-hybridized carbons (Fsp3) is 0.227. The van der Waals surface area contributed by atoms with Crippen molar-refractivity contribution in [1.82, 2.24) is 24.4 Å². The highest BCUT2D eigenvalue weighted by molar-refractivity contribution is 6.15. The fourth-order valence-corrected chi connectivity index (χ4v) is 3.54. The summed E-state index contributed by atoms with van der Waals surface area (Å²) in [5.74, 6) is 0.710. The molecule has 2 amide bonds. The van der Waals surface area contributed by atoms with Gasteiger partial charge in [-0.3, -0.25) is 10.1 Å². The molecule has 32 heavy (non-hydrogen) atoms. The van der Waals surface area contributed by atoms with Crippen LogP contribution in [0.4, 0.5) is 22.1 Å². The van der Waals surface area contributed by atoms with E-state index in [1.165, 1.54) is 6.33 Å². The van der Waals surface area contributed by atoms with Crippen molar-refractivity contribution >= 4 is 34.7 Å². The fourth-order valence-electron chi connectivity index (χ4n) is 3.54. The third-order valence-electron chi connectivity index (χ3n) is 5.09. The smallest absolute Gasteiger partial charge is 0.324 e. The molecule has 0 radical (unpaired) electrons. The Kier molecular flexibility index (Phi) is 5.59. The Balaban J connectivity index is 1.61. The molecule has 0 fully saturated rings. The van der Waals surface area contributed by atoms with Crippen LogP contribution in [0.5, 0.6) is 0 Å². The van der Waals surface area contributed by atoms with Crippen LogP contribution in [0.1, 0.15) is 48.3 Å². The maximum atomic E-state index is 13.4. The lowest BCUT2D eigenvalue weighted by atomic mass is 10.0. The van der Waals surface area contributed by atoms with Gasteiger partial charge >= 0.3 is 6.03 Å². The number of rotatable bonds is 6. The van der Waals surface area contributed by atoms with E-state index in [1.54, 1.807) is 51.8 Å². The predicted molar refractivity (Wildman–Crippen MR) is 122 cm³/mol. The zero-order valence-corrected chi connectivity index (χ0v) is 18.0. The maximum Gasteiger partial charge on any atom is 0.324 e. The van der Waals surface area contributed by atoms with Gasteiger partial charge in [0, 0.05) is 29.6 Å². The molecule has 0 aliphatic rings. The summed E-state index contributed by atoms with van der Waals surface area (Å²) in [4.78, 5) is 29.8. The summed E-state index contributed by atoms with van der Waals surface area (Å²) in [7, 11) is 0. The van der Waals surface area contributed by atoms with E-state index in [2.05, 4.69) is 25.8 Å². The molecule has 3 heterocycles. The van der Waals surface area contributed by atoms with Gasteiger partial charge in [0.05, 0.1) is 11.8 Å². The molecule has 0 aliphatic heterocycles. The van der Waals surface area contributed by atoms with Crippen molar-refractivity contribution in [3.8, 4) is 0 Å². The topological polar surface area (TPSA) is 132 Å². The van der Waals surface area contributed by atoms with E-state index in [9.17, 15) is 9.59 Å². The van der Waals surface area contributed by atoms with Crippen LogP contribution in [-0.4, -0.2) is 36.2 Å². The largest absolute Gasteiger partial charge is 0.382 e. The van der Waals surface area contributed by atoms with Crippen molar-refractivity contribution in [3.05, 3.63) is 65.7 Å². The Morgan fingerprint density at radius 1 is 1.12 bits per heavy atom. The van der Waals surface area contributed by atoms with Gasteiger partial charge in [0.25, 0.3) is 0 Å². The SMILES string of the molecule is CCn1nccc1NC(=O)Nc1cccc(C(=O)c2cc(C(C)C)n3ncnc(N)c23)c1. The molecule has 10 heteroatoms. The Bertz CT molecular complexity index is 1300. The molecule has 164 valence electrons. The van der Waals surface area contributed by atoms with Crippen LogP contribution in [0.2, 0.25) is 0 Å². The third-order valence-corrected chi connectivity index (χ3v) is 5.09. The number of aromatic nitrogens is 5. The highest BCUT2D eigenvalue weighted by Gasteiger charge is 2.22. The lowest BCUT2D eigenvalue weighted by Crippen LogP contribution is -2.21. The number of nitrogens with zero attached hydrogens (tertiary/aromatic N) is 5. The van der Waals surface area contributed by atoms with Crippen LogP contribution in [-0.2, 0) is 6.54 Å². The van der Waals surface area contributed by atoms with Gasteiger partial charge in [-0.2, -0.15) is 10.2 Å². The minimum Gasteiger partial charge on any atom is -0.382 e. The first kappa shape index (κ1) is 21.0. The molecule has 4 rings (SSSR count). The van der Waals surface area contributed by atoms with Crippen molar-refractivity contribution in [3.63, 3.8) is 0 Å². The van der Waals surface area contributed by atoms with Gasteiger partial charge in [0.2, 0.25) is 0 Å². The van der Waals surface area contributed by atoms with E-state index in [-0.39, 0.29) is 17.5 Å². The van der Waals surface area contributed by atoms with Crippen LogP contribution >= 0.6 is 0 Å². The first-order valence-electron chi connectivity index (χ1n) is 10.3. The first-order valence-corrected chi connectivity index (χ1v) is 10.3. The molecular formula is C22H24N8O2. The number of benzene rings is 1. The second kappa shape index (κ2) is 8.50. The summed E-state index contributed by atoms with van der Waals surface area (Å²) in [6.45, 7) is 6.59. The predicted octanol–water partition coefficient (Wildman–Crippen LogP) is 3.53. The Morgan fingerprint density at radius 3 is 2.69 bits per heavy atom. The first-order chi connectivity index (χ1) is 15.4. The van der Waals surface area contributed by atoms with Crippen molar-refractivity contribution in [1.29, 1.82) is 0 Å². The zero-order chi connectivity index (χ0) is 22.8. The van der Waals surface area contributed by atoms with Crippen LogP contribution in [0.15, 0.2) is 48.9 Å². The number of hydrogen-bond donors (Lipinski definition) is 3. The lowest BCUT2D eigenvalue weighted by Gasteiger charge is -2.10. The number of hydrogen-bond acceptors (Lipinski definition) is 6. The van der Waals surface area contributed by atoms with E-state index >= 15 is 0 Å². The number of nitrogens with two attached hydrogens (primary N) is 1. The number of carbonyl (C=O) groups is 2. The molecule has 4 aromatic rings. The van der Waals surface area contributed by atoms with E-state index in [1.807, 2.05) is 20.8 Å². The Morgan fingerprint density at radius 2 is 1.94 bits per heavy atom. The standard InChI is InChI=1S/C22H24N8O2/c1-4-29-18(8-9-25-29)28-22(32)27-15-7-5-6-14(10-15)20(31)16-11-17(13(2)3)30-19(16)21(23)24-12-26-30/h5-13H,4H2,1-3H3,(H2,23,24,26)(H2,27,28,32). The minimum atomic E-state index is -0.432. The second-order valence-electron chi connectivity index (χ2n) is 7.56. The summed E-state index contributed by atoms with van der Waals surface area (Å²) < 4.78 is 3.32. The van der Waals surface area contributed by atoms with Gasteiger partial charge in [0.15, 0.2) is 11.6 Å². The number of anilines is 3. The molecule has 0 aliphatic carbocycles. The molecular weight excluding hydrogens is 408 g/mol. The average Bonchev–Trinajstić information content (AvgIpc) is 3.38. The molecule has 0 spiro atoms. The van der Waals surface area contributed by atoms with E-state index in [0.717, 1.165) is 5.69 Å². The average molecular weight is 432 g/mol. The molecule has 3 aromatic heterocycles. The van der Waals surface area contributed by atoms with Crippen molar-refractivity contribution in [2.24, 2.45) is 0 Å². The van der Waals surface area contributed by atoms with Crippen molar-refractivity contribution < 1.29 is 9.59 Å². The lowest BCUT2D eigenvalue weighted by molar-refractivity contribution is 0.104. The summed E-state index contributed by atoms with van der Waals surface area (Å²) in [5.41, 5.74) is 8.72. The number of urea groups is 1. The number of nitrogen functional groups attached to an aromatic ring is 1. The van der Waals surface area contributed by atoms with E-state index < -0.39 is 6.03 Å². The number of ketones is 1. The quantitative estimate of drug-likeness (QED) is 0.399. The van der Waals surface area contributed by atoms with Crippen LogP contribution in [0.25, 0.3) is 5.52 Å². The monoisotopic (exact) mass is 432 g/mol. The maximum absolute atomic E-state index is 13.4. The van der Waals surface area contributed by atoms with Gasteiger partial charge in [-0.1, -0.05) is 26.0 Å². The van der Waals surface area contributed by atoms with Gasteiger partial charge in [-0.25, -0.2) is 19.0 Å². The molecule has 1 aromatic carbocycles. The summed E-state index contributed by atoms with van der Waals surface area (Å²) in [5, 5.41) is 13.9. The molecule has 0 saturated heterocycles. The number of fused-ring (bicyclic) bond motifs is 1. The minimum absolute atomic E-state index is 0.131. The van der Waals surface area contributed by atoms with Gasteiger partial charge in [-0.05, 0) is 31.0 Å². The highest BCUT2D eigenvalue weighted by atomic mass is 16.2. The normalized spacial score (nSPS) is 11.1. The third kappa shape index (κ3) is 3.89. The highest BCUT2D eigenvalue weighted by Crippen LogP contribution is 2.27. The number of carbonyl (C=O) groups excluding carboxylic acids is 2. The van der Waals surface area contributed by atoms with E-state index in [0.29, 0.717) is 34.7 Å². The number of nitrogens with one attached hydrogen (secondary N) is 2. The summed E-state index contributed by atoms with van der Waals surface area (Å²) in [6.07, 6.45) is 2.98.